The number of halogens is 8. The maximum Gasteiger partial charge on any atom is 0.490 e. The molecular weight excluding hydrogens is 650 g/mol. The Morgan fingerprint density at radius 1 is 0.978 bits per heavy atom. The molecule has 1 aliphatic heterocycles. The van der Waals surface area contributed by atoms with Gasteiger partial charge in [0.05, 0.1) is 6.54 Å². The number of carbonyl (C=O) groups is 2. The van der Waals surface area contributed by atoms with Crippen molar-refractivity contribution >= 4 is 29.1 Å². The highest BCUT2D eigenvalue weighted by Gasteiger charge is 2.38. The third kappa shape index (κ3) is 11.6. The zero-order chi connectivity index (χ0) is 33.9. The van der Waals surface area contributed by atoms with Gasteiger partial charge in [-0.05, 0) is 24.3 Å². The Morgan fingerprint density at radius 2 is 1.56 bits per heavy atom. The number of carboxylic acid groups (broad SMARTS) is 2. The molecule has 6 N–H and O–H groups in total. The molecule has 3 aromatic heterocycles. The van der Waals surface area contributed by atoms with Crippen LogP contribution in [0.3, 0.4) is 0 Å². The van der Waals surface area contributed by atoms with Crippen molar-refractivity contribution in [1.82, 2.24) is 25.1 Å². The Bertz CT molecular complexity index is 1480. The highest BCUT2D eigenvalue weighted by molar-refractivity contribution is 7.15. The van der Waals surface area contributed by atoms with E-state index in [1.54, 1.807) is 0 Å². The minimum absolute atomic E-state index is 0.173. The number of alkyl halides is 6. The minimum Gasteiger partial charge on any atom is -0.475 e. The van der Waals surface area contributed by atoms with E-state index in [1.165, 1.54) is 15.9 Å². The van der Waals surface area contributed by atoms with E-state index in [0.717, 1.165) is 47.3 Å². The number of pyridine rings is 1. The molecule has 1 fully saturated rings. The fourth-order valence-electron chi connectivity index (χ4n) is 3.44. The first-order valence-corrected chi connectivity index (χ1v) is 13.2. The van der Waals surface area contributed by atoms with Crippen LogP contribution in [0.1, 0.15) is 10.7 Å². The van der Waals surface area contributed by atoms with Gasteiger partial charge >= 0.3 is 30.0 Å². The number of nitrogens with two attached hydrogens (primary N) is 1. The van der Waals surface area contributed by atoms with E-state index < -0.39 is 36.1 Å². The number of hydrogen-bond donors (Lipinski definition) is 5. The second-order valence-corrected chi connectivity index (χ2v) is 9.96. The van der Waals surface area contributed by atoms with Crippen LogP contribution in [0, 0.1) is 0 Å². The summed E-state index contributed by atoms with van der Waals surface area (Å²) in [6.07, 6.45) is -10.3. The van der Waals surface area contributed by atoms with Crippen molar-refractivity contribution in [2.45, 2.75) is 25.3 Å². The van der Waals surface area contributed by atoms with E-state index in [9.17, 15) is 39.9 Å². The van der Waals surface area contributed by atoms with E-state index in [-0.39, 0.29) is 30.9 Å². The minimum atomic E-state index is -5.08. The molecule has 0 saturated carbocycles. The normalized spacial score (nSPS) is 13.2. The summed E-state index contributed by atoms with van der Waals surface area (Å²) in [5, 5.41) is 23.8. The number of aliphatic carboxylic acids is 2. The van der Waals surface area contributed by atoms with Crippen LogP contribution in [0.5, 0.6) is 0 Å². The Morgan fingerprint density at radius 3 is 2.02 bits per heavy atom. The molecule has 4 rings (SSSR count). The lowest BCUT2D eigenvalue weighted by atomic mass is 10.2. The van der Waals surface area contributed by atoms with Gasteiger partial charge in [0.15, 0.2) is 0 Å². The molecule has 1 aliphatic rings. The van der Waals surface area contributed by atoms with Crippen LogP contribution in [0.25, 0.3) is 10.4 Å². The van der Waals surface area contributed by atoms with Crippen LogP contribution in [-0.2, 0) is 22.6 Å². The topological polar surface area (TPSA) is 179 Å². The number of H-pyrrole nitrogens is 1. The van der Waals surface area contributed by atoms with E-state index >= 15 is 0 Å². The van der Waals surface area contributed by atoms with Crippen LogP contribution < -0.4 is 21.6 Å². The van der Waals surface area contributed by atoms with Crippen molar-refractivity contribution in [2.24, 2.45) is 5.73 Å². The molecule has 12 nitrogen and oxygen atoms in total. The molecule has 248 valence electrons. The molecule has 3 aromatic rings. The number of rotatable bonds is 7. The lowest BCUT2D eigenvalue weighted by Crippen LogP contribution is -2.43. The van der Waals surface area contributed by atoms with E-state index in [0.29, 0.717) is 0 Å². The standard InChI is InChI=1S/C20H23F2N7OS.2C2HF3O2/c21-19(22)14(10-23)9-18-26-27-20(30)29(18)12-15-2-3-16(31-15)13-1-4-17(25-11-13)28-7-5-24-6-8-28;2*3-2(4,5)1(6)7/h1-4,11,24H,5-10,12,23H2,(H,27,30);2*(H,6,7). The predicted molar refractivity (Wildman–Crippen MR) is 144 cm³/mol. The maximum absolute atomic E-state index is 13.0. The number of piperazine rings is 1. The molecular formula is C24H25F8N7O5S. The van der Waals surface area contributed by atoms with Crippen molar-refractivity contribution < 1.29 is 54.9 Å². The summed E-state index contributed by atoms with van der Waals surface area (Å²) < 4.78 is 90.7. The summed E-state index contributed by atoms with van der Waals surface area (Å²) >= 11 is 1.52. The van der Waals surface area contributed by atoms with Gasteiger partial charge in [-0.1, -0.05) is 0 Å². The lowest BCUT2D eigenvalue weighted by molar-refractivity contribution is -0.193. The number of hydrogen-bond acceptors (Lipinski definition) is 9. The number of aromatic nitrogens is 4. The number of thiophene rings is 1. The second-order valence-electron chi connectivity index (χ2n) is 8.79. The smallest absolute Gasteiger partial charge is 0.475 e. The average molecular weight is 676 g/mol. The van der Waals surface area contributed by atoms with Crippen LogP contribution >= 0.6 is 11.3 Å². The maximum atomic E-state index is 13.0. The van der Waals surface area contributed by atoms with Gasteiger partial charge in [0.25, 0.3) is 6.08 Å². The third-order valence-electron chi connectivity index (χ3n) is 5.66. The molecule has 0 unspecified atom stereocenters. The summed E-state index contributed by atoms with van der Waals surface area (Å²) in [5.74, 6) is -4.32. The van der Waals surface area contributed by atoms with E-state index in [2.05, 4.69) is 25.4 Å². The van der Waals surface area contributed by atoms with Gasteiger partial charge in [0, 0.05) is 66.2 Å². The van der Waals surface area contributed by atoms with Crippen molar-refractivity contribution in [3.05, 3.63) is 63.3 Å². The van der Waals surface area contributed by atoms with Gasteiger partial charge in [-0.2, -0.15) is 40.2 Å². The molecule has 0 aliphatic carbocycles. The Balaban J connectivity index is 0.000000421. The number of nitrogens with zero attached hydrogens (tertiary/aromatic N) is 4. The summed E-state index contributed by atoms with van der Waals surface area (Å²) in [6, 6.07) is 7.95. The highest BCUT2D eigenvalue weighted by atomic mass is 32.1. The monoisotopic (exact) mass is 675 g/mol. The first-order chi connectivity index (χ1) is 20.9. The number of carboxylic acids is 2. The lowest BCUT2D eigenvalue weighted by Gasteiger charge is -2.28. The first kappa shape index (κ1) is 36.8. The van der Waals surface area contributed by atoms with Crippen molar-refractivity contribution in [2.75, 3.05) is 37.6 Å². The number of anilines is 1. The first-order valence-electron chi connectivity index (χ1n) is 12.4. The number of aromatic amines is 1. The Hall–Kier alpha value is -4.37. The highest BCUT2D eigenvalue weighted by Crippen LogP contribution is 2.29. The molecule has 0 atom stereocenters. The SMILES string of the molecule is NCC(Cc1n[nH]c(=O)n1Cc1ccc(-c2ccc(N3CCNCC3)nc2)s1)=C(F)F.O=C(O)C(F)(F)F.O=C(O)C(F)(F)F. The molecule has 0 spiro atoms. The molecule has 45 heavy (non-hydrogen) atoms. The molecule has 4 heterocycles. The Kier molecular flexibility index (Phi) is 13.2. The predicted octanol–water partition coefficient (Wildman–Crippen LogP) is 3.07. The van der Waals surface area contributed by atoms with Gasteiger partial charge in [-0.3, -0.25) is 4.57 Å². The average Bonchev–Trinajstić information content (AvgIpc) is 3.58. The molecule has 0 radical (unpaired) electrons. The van der Waals surface area contributed by atoms with Gasteiger partial charge in [-0.25, -0.2) is 24.5 Å². The van der Waals surface area contributed by atoms with Gasteiger partial charge < -0.3 is 26.2 Å². The summed E-state index contributed by atoms with van der Waals surface area (Å²) in [7, 11) is 0. The van der Waals surface area contributed by atoms with Gasteiger partial charge in [0.1, 0.15) is 11.6 Å². The number of nitrogens with one attached hydrogen (secondary N) is 2. The quantitative estimate of drug-likeness (QED) is 0.234. The van der Waals surface area contributed by atoms with Crippen molar-refractivity contribution in [3.63, 3.8) is 0 Å². The third-order valence-corrected chi connectivity index (χ3v) is 6.78. The van der Waals surface area contributed by atoms with Crippen LogP contribution in [0.15, 0.2) is 46.9 Å². The fraction of sp³-hybridized carbons (Fsp3) is 0.375. The molecule has 1 saturated heterocycles. The second kappa shape index (κ2) is 16.1. The molecule has 21 heteroatoms. The molecule has 0 amide bonds. The van der Waals surface area contributed by atoms with Crippen LogP contribution in [-0.4, -0.2) is 87.0 Å². The fourth-order valence-corrected chi connectivity index (χ4v) is 4.43. The van der Waals surface area contributed by atoms with Crippen molar-refractivity contribution in [3.8, 4) is 10.4 Å². The summed E-state index contributed by atoms with van der Waals surface area (Å²) in [6.45, 7) is 3.73. The summed E-state index contributed by atoms with van der Waals surface area (Å²) in [4.78, 5) is 38.7. The molecule has 0 bridgehead atoms. The van der Waals surface area contributed by atoms with Gasteiger partial charge in [0.2, 0.25) is 0 Å². The van der Waals surface area contributed by atoms with Gasteiger partial charge in [-0.15, -0.1) is 11.3 Å². The van der Waals surface area contributed by atoms with Crippen LogP contribution in [0.2, 0.25) is 0 Å². The van der Waals surface area contributed by atoms with E-state index in [1.807, 2.05) is 30.5 Å². The van der Waals surface area contributed by atoms with Crippen molar-refractivity contribution in [1.29, 1.82) is 0 Å². The van der Waals surface area contributed by atoms with Crippen LogP contribution in [0.4, 0.5) is 40.9 Å². The Labute approximate surface area is 251 Å². The zero-order valence-electron chi connectivity index (χ0n) is 22.8. The summed E-state index contributed by atoms with van der Waals surface area (Å²) in [5.41, 5.74) is 5.70. The van der Waals surface area contributed by atoms with E-state index in [4.69, 9.17) is 25.5 Å². The largest absolute Gasteiger partial charge is 0.490 e. The molecule has 0 aromatic carbocycles. The zero-order valence-corrected chi connectivity index (χ0v) is 23.6.